The molecule has 0 aromatic rings. The molecule has 1 aliphatic rings. The first-order valence-corrected chi connectivity index (χ1v) is 7.83. The van der Waals surface area contributed by atoms with Crippen LogP contribution in [0.25, 0.3) is 0 Å². The third kappa shape index (κ3) is 7.94. The molecule has 0 aromatic heterocycles. The van der Waals surface area contributed by atoms with Crippen LogP contribution in [0.4, 0.5) is 0 Å². The molecule has 19 heavy (non-hydrogen) atoms. The van der Waals surface area contributed by atoms with E-state index in [1.165, 1.54) is 19.3 Å². The van der Waals surface area contributed by atoms with Gasteiger partial charge < -0.3 is 9.47 Å². The molecule has 2 nitrogen and oxygen atoms in total. The fraction of sp³-hybridized carbons (Fsp3) is 1.00. The van der Waals surface area contributed by atoms with Gasteiger partial charge in [-0.1, -0.05) is 48.0 Å². The van der Waals surface area contributed by atoms with Gasteiger partial charge in [-0.3, -0.25) is 0 Å². The van der Waals surface area contributed by atoms with Gasteiger partial charge in [-0.05, 0) is 35.5 Å². The van der Waals surface area contributed by atoms with Crippen LogP contribution in [0.5, 0.6) is 0 Å². The van der Waals surface area contributed by atoms with Gasteiger partial charge in [-0.2, -0.15) is 0 Å². The molecule has 2 unspecified atom stereocenters. The van der Waals surface area contributed by atoms with E-state index in [0.717, 1.165) is 26.4 Å². The Labute approximate surface area is 120 Å². The molecule has 0 saturated heterocycles. The van der Waals surface area contributed by atoms with Crippen LogP contribution in [0, 0.1) is 22.7 Å². The normalized spacial score (nSPS) is 24.9. The molecule has 0 amide bonds. The monoisotopic (exact) mass is 270 g/mol. The molecule has 0 bridgehead atoms. The summed E-state index contributed by atoms with van der Waals surface area (Å²) in [5, 5.41) is 0. The van der Waals surface area contributed by atoms with Crippen molar-refractivity contribution in [2.24, 2.45) is 22.7 Å². The quantitative estimate of drug-likeness (QED) is 0.706. The van der Waals surface area contributed by atoms with E-state index < -0.39 is 0 Å². The van der Waals surface area contributed by atoms with E-state index >= 15 is 0 Å². The summed E-state index contributed by atoms with van der Waals surface area (Å²) >= 11 is 0. The number of ether oxygens (including phenoxy) is 2. The number of hydrogen-bond acceptors (Lipinski definition) is 2. The summed E-state index contributed by atoms with van der Waals surface area (Å²) in [6, 6.07) is 0. The first kappa shape index (κ1) is 17.0. The lowest BCUT2D eigenvalue weighted by Crippen LogP contribution is -2.24. The predicted molar refractivity (Wildman–Crippen MR) is 81.4 cm³/mol. The van der Waals surface area contributed by atoms with Gasteiger partial charge >= 0.3 is 0 Å². The maximum Gasteiger partial charge on any atom is 0.0514 e. The van der Waals surface area contributed by atoms with E-state index in [1.807, 2.05) is 0 Å². The van der Waals surface area contributed by atoms with E-state index in [1.54, 1.807) is 0 Å². The van der Waals surface area contributed by atoms with Crippen LogP contribution >= 0.6 is 0 Å². The van der Waals surface area contributed by atoms with Crippen molar-refractivity contribution in [1.29, 1.82) is 0 Å². The lowest BCUT2D eigenvalue weighted by atomic mass is 9.96. The summed E-state index contributed by atoms with van der Waals surface area (Å²) in [7, 11) is 0. The second kappa shape index (κ2) is 7.08. The van der Waals surface area contributed by atoms with Crippen molar-refractivity contribution in [1.82, 2.24) is 0 Å². The van der Waals surface area contributed by atoms with Crippen molar-refractivity contribution < 1.29 is 9.47 Å². The van der Waals surface area contributed by atoms with Crippen LogP contribution in [-0.2, 0) is 9.47 Å². The first-order chi connectivity index (χ1) is 8.67. The Balaban J connectivity index is 2.22. The van der Waals surface area contributed by atoms with Gasteiger partial charge in [0.05, 0.1) is 13.2 Å². The Bertz CT molecular complexity index is 221. The number of rotatable bonds is 6. The summed E-state index contributed by atoms with van der Waals surface area (Å²) < 4.78 is 11.8. The molecule has 0 radical (unpaired) electrons. The lowest BCUT2D eigenvalue weighted by Gasteiger charge is -2.25. The Morgan fingerprint density at radius 3 is 1.42 bits per heavy atom. The molecule has 0 aromatic carbocycles. The molecule has 1 fully saturated rings. The van der Waals surface area contributed by atoms with Crippen LogP contribution in [0.1, 0.15) is 60.8 Å². The van der Waals surface area contributed by atoms with Gasteiger partial charge in [0.15, 0.2) is 0 Å². The first-order valence-electron chi connectivity index (χ1n) is 7.83. The average molecular weight is 270 g/mol. The Morgan fingerprint density at radius 2 is 1.11 bits per heavy atom. The zero-order valence-corrected chi connectivity index (χ0v) is 13.9. The van der Waals surface area contributed by atoms with Gasteiger partial charge in [0.25, 0.3) is 0 Å². The zero-order chi connectivity index (χ0) is 14.5. The molecule has 114 valence electrons. The third-order valence-corrected chi connectivity index (χ3v) is 3.55. The van der Waals surface area contributed by atoms with Gasteiger partial charge in [-0.15, -0.1) is 0 Å². The maximum atomic E-state index is 5.90. The molecule has 1 saturated carbocycles. The van der Waals surface area contributed by atoms with Gasteiger partial charge in [0, 0.05) is 13.2 Å². The predicted octanol–water partition coefficient (Wildman–Crippen LogP) is 4.53. The molecule has 2 atom stereocenters. The van der Waals surface area contributed by atoms with Gasteiger partial charge in [0.2, 0.25) is 0 Å². The lowest BCUT2D eigenvalue weighted by molar-refractivity contribution is 0.00557. The average Bonchev–Trinajstić information content (AvgIpc) is 2.62. The molecular weight excluding hydrogens is 236 g/mol. The van der Waals surface area contributed by atoms with Crippen molar-refractivity contribution >= 4 is 0 Å². The van der Waals surface area contributed by atoms with Crippen LogP contribution in [0.3, 0.4) is 0 Å². The summed E-state index contributed by atoms with van der Waals surface area (Å²) in [6.45, 7) is 16.9. The SMILES string of the molecule is CC(C)(C)COCC1CCCC1COCC(C)(C)C. The van der Waals surface area contributed by atoms with Crippen molar-refractivity contribution in [2.75, 3.05) is 26.4 Å². The van der Waals surface area contributed by atoms with Crippen LogP contribution in [0.2, 0.25) is 0 Å². The third-order valence-electron chi connectivity index (χ3n) is 3.55. The van der Waals surface area contributed by atoms with Gasteiger partial charge in [0.1, 0.15) is 0 Å². The van der Waals surface area contributed by atoms with Crippen molar-refractivity contribution in [3.05, 3.63) is 0 Å². The minimum absolute atomic E-state index is 0.275. The van der Waals surface area contributed by atoms with Crippen molar-refractivity contribution in [2.45, 2.75) is 60.8 Å². The Kier molecular flexibility index (Phi) is 6.32. The van der Waals surface area contributed by atoms with Crippen LogP contribution in [0.15, 0.2) is 0 Å². The van der Waals surface area contributed by atoms with Crippen LogP contribution < -0.4 is 0 Å². The van der Waals surface area contributed by atoms with E-state index in [-0.39, 0.29) is 10.8 Å². The smallest absolute Gasteiger partial charge is 0.0514 e. The highest BCUT2D eigenvalue weighted by molar-refractivity contribution is 4.77. The maximum absolute atomic E-state index is 5.90. The largest absolute Gasteiger partial charge is 0.381 e. The molecule has 2 heteroatoms. The van der Waals surface area contributed by atoms with Crippen molar-refractivity contribution in [3.63, 3.8) is 0 Å². The standard InChI is InChI=1S/C17H34O2/c1-16(2,3)12-18-10-14-8-7-9-15(14)11-19-13-17(4,5)6/h14-15H,7-13H2,1-6H3. The summed E-state index contributed by atoms with van der Waals surface area (Å²) in [6.07, 6.45) is 3.97. The number of hydrogen-bond donors (Lipinski definition) is 0. The zero-order valence-electron chi connectivity index (χ0n) is 13.9. The molecular formula is C17H34O2. The Hall–Kier alpha value is -0.0800. The van der Waals surface area contributed by atoms with E-state index in [4.69, 9.17) is 9.47 Å². The minimum atomic E-state index is 0.275. The summed E-state index contributed by atoms with van der Waals surface area (Å²) in [5.74, 6) is 1.42. The fourth-order valence-corrected chi connectivity index (χ4v) is 2.59. The highest BCUT2D eigenvalue weighted by Crippen LogP contribution is 2.33. The second-order valence-corrected chi connectivity index (χ2v) is 8.60. The van der Waals surface area contributed by atoms with Crippen LogP contribution in [-0.4, -0.2) is 26.4 Å². The molecule has 0 aliphatic heterocycles. The summed E-state index contributed by atoms with van der Waals surface area (Å²) in [4.78, 5) is 0. The van der Waals surface area contributed by atoms with Gasteiger partial charge in [-0.25, -0.2) is 0 Å². The Morgan fingerprint density at radius 1 is 0.737 bits per heavy atom. The van der Waals surface area contributed by atoms with E-state index in [0.29, 0.717) is 11.8 Å². The van der Waals surface area contributed by atoms with E-state index in [2.05, 4.69) is 41.5 Å². The molecule has 0 heterocycles. The topological polar surface area (TPSA) is 18.5 Å². The second-order valence-electron chi connectivity index (χ2n) is 8.60. The minimum Gasteiger partial charge on any atom is -0.381 e. The fourth-order valence-electron chi connectivity index (χ4n) is 2.59. The van der Waals surface area contributed by atoms with Crippen molar-refractivity contribution in [3.8, 4) is 0 Å². The highest BCUT2D eigenvalue weighted by Gasteiger charge is 2.28. The molecule has 1 aliphatic carbocycles. The molecule has 0 spiro atoms. The molecule has 0 N–H and O–H groups in total. The van der Waals surface area contributed by atoms with E-state index in [9.17, 15) is 0 Å². The highest BCUT2D eigenvalue weighted by atomic mass is 16.5. The molecule has 1 rings (SSSR count). The summed E-state index contributed by atoms with van der Waals surface area (Å²) in [5.41, 5.74) is 0.549.